The Kier molecular flexibility index (Phi) is 29.7. The minimum absolute atomic E-state index is 0.123. The summed E-state index contributed by atoms with van der Waals surface area (Å²) in [6, 6.07) is 0. The molecule has 0 bridgehead atoms. The first-order valence-electron chi connectivity index (χ1n) is 20.3. The van der Waals surface area contributed by atoms with E-state index in [9.17, 15) is 37.9 Å². The molecule has 1 aliphatic heterocycles. The minimum atomic E-state index is -4.61. The van der Waals surface area contributed by atoms with Crippen LogP contribution in [0.4, 0.5) is 0 Å². The van der Waals surface area contributed by atoms with Gasteiger partial charge in [-0.2, -0.15) is 8.42 Å². The van der Waals surface area contributed by atoms with Crippen LogP contribution in [0.5, 0.6) is 0 Å². The topological polar surface area (TPSA) is 186 Å². The normalized spacial score (nSPS) is 21.5. The summed E-state index contributed by atoms with van der Waals surface area (Å²) in [5.74, 6) is -2.05. The van der Waals surface area contributed by atoms with Crippen molar-refractivity contribution in [3.05, 3.63) is 60.8 Å². The Balaban J connectivity index is 2.54. The molecule has 6 unspecified atom stereocenters. The predicted octanol–water partition coefficient (Wildman–Crippen LogP) is 7.39. The molecule has 1 rings (SSSR count). The molecular formula is C42H70O12S. The molecule has 55 heavy (non-hydrogen) atoms. The number of hydrogen-bond donors (Lipinski definition) is 4. The van der Waals surface area contributed by atoms with Crippen molar-refractivity contribution in [2.45, 2.75) is 173 Å². The fraction of sp³-hybridized carbons (Fsp3) is 0.714. The number of unbranched alkanes of at least 4 members (excludes halogenated alkanes) is 10. The van der Waals surface area contributed by atoms with Crippen molar-refractivity contribution < 1.29 is 56.8 Å². The zero-order chi connectivity index (χ0) is 40.6. The van der Waals surface area contributed by atoms with Gasteiger partial charge in [0, 0.05) is 12.8 Å². The van der Waals surface area contributed by atoms with Crippen LogP contribution in [0.25, 0.3) is 0 Å². The van der Waals surface area contributed by atoms with Gasteiger partial charge < -0.3 is 34.3 Å². The Morgan fingerprint density at radius 2 is 1.15 bits per heavy atom. The van der Waals surface area contributed by atoms with Crippen molar-refractivity contribution in [1.82, 2.24) is 0 Å². The molecule has 13 heteroatoms. The highest BCUT2D eigenvalue weighted by Crippen LogP contribution is 2.24. The number of carbonyl (C=O) groups excluding carboxylic acids is 2. The third kappa shape index (κ3) is 27.6. The van der Waals surface area contributed by atoms with Crippen molar-refractivity contribution in [3.63, 3.8) is 0 Å². The third-order valence-corrected chi connectivity index (χ3v) is 9.58. The van der Waals surface area contributed by atoms with Gasteiger partial charge in [-0.05, 0) is 70.6 Å². The lowest BCUT2D eigenvalue weighted by Gasteiger charge is -2.40. The minimum Gasteiger partial charge on any atom is -0.462 e. The lowest BCUT2D eigenvalue weighted by Crippen LogP contribution is -2.60. The molecule has 0 spiro atoms. The number of hydrogen-bond acceptors (Lipinski definition) is 11. The first-order chi connectivity index (χ1) is 26.5. The molecule has 0 saturated carbocycles. The van der Waals surface area contributed by atoms with Gasteiger partial charge in [0.1, 0.15) is 36.8 Å². The molecule has 316 valence electrons. The van der Waals surface area contributed by atoms with E-state index in [0.717, 1.165) is 83.5 Å². The number of allylic oxidation sites excluding steroid dienone is 10. The van der Waals surface area contributed by atoms with E-state index in [1.807, 2.05) is 0 Å². The zero-order valence-corrected chi connectivity index (χ0v) is 34.1. The maximum atomic E-state index is 12.7. The SMILES string of the molecule is CC/C=C\C/C=C\C/C=C\CCCCCC(=O)OC(COC(=O)CCCCCCC/C=C\C/C=C\CCCC)COC1OC(CS(=O)(=O)O)C(O)C(O)C1O. The Morgan fingerprint density at radius 3 is 1.73 bits per heavy atom. The predicted molar refractivity (Wildman–Crippen MR) is 215 cm³/mol. The summed E-state index contributed by atoms with van der Waals surface area (Å²) in [5.41, 5.74) is 0. The molecule has 0 amide bonds. The molecule has 1 saturated heterocycles. The lowest BCUT2D eigenvalue weighted by molar-refractivity contribution is -0.297. The van der Waals surface area contributed by atoms with E-state index in [-0.39, 0.29) is 19.4 Å². The highest BCUT2D eigenvalue weighted by Gasteiger charge is 2.46. The van der Waals surface area contributed by atoms with Crippen LogP contribution < -0.4 is 0 Å². The molecular weight excluding hydrogens is 729 g/mol. The van der Waals surface area contributed by atoms with E-state index in [0.29, 0.717) is 12.8 Å². The van der Waals surface area contributed by atoms with E-state index in [1.54, 1.807) is 0 Å². The highest BCUT2D eigenvalue weighted by atomic mass is 32.2. The second kappa shape index (κ2) is 32.4. The Bertz CT molecular complexity index is 1260. The van der Waals surface area contributed by atoms with Crippen LogP contribution in [0.1, 0.15) is 136 Å². The molecule has 1 aliphatic rings. The zero-order valence-electron chi connectivity index (χ0n) is 33.3. The van der Waals surface area contributed by atoms with Crippen LogP contribution >= 0.6 is 0 Å². The van der Waals surface area contributed by atoms with Gasteiger partial charge in [0.05, 0.1) is 6.61 Å². The van der Waals surface area contributed by atoms with E-state index in [1.165, 1.54) is 12.8 Å². The van der Waals surface area contributed by atoms with Crippen molar-refractivity contribution in [2.24, 2.45) is 0 Å². The van der Waals surface area contributed by atoms with Crippen LogP contribution in [0.3, 0.4) is 0 Å². The number of aliphatic hydroxyl groups excluding tert-OH is 3. The fourth-order valence-electron chi connectivity index (χ4n) is 5.65. The second-order valence-electron chi connectivity index (χ2n) is 13.9. The summed E-state index contributed by atoms with van der Waals surface area (Å²) in [6.07, 6.45) is 28.5. The molecule has 0 aromatic rings. The van der Waals surface area contributed by atoms with Crippen LogP contribution in [0.2, 0.25) is 0 Å². The molecule has 1 fully saturated rings. The Morgan fingerprint density at radius 1 is 0.636 bits per heavy atom. The highest BCUT2D eigenvalue weighted by molar-refractivity contribution is 7.85. The summed E-state index contributed by atoms with van der Waals surface area (Å²) in [4.78, 5) is 25.3. The number of aliphatic hydroxyl groups is 3. The van der Waals surface area contributed by atoms with Crippen LogP contribution in [0, 0.1) is 0 Å². The molecule has 4 N–H and O–H groups in total. The van der Waals surface area contributed by atoms with Gasteiger partial charge in [0.15, 0.2) is 12.4 Å². The average molecular weight is 799 g/mol. The van der Waals surface area contributed by atoms with Crippen molar-refractivity contribution in [3.8, 4) is 0 Å². The van der Waals surface area contributed by atoms with E-state index in [2.05, 4.69) is 74.6 Å². The molecule has 1 heterocycles. The lowest BCUT2D eigenvalue weighted by atomic mass is 10.00. The van der Waals surface area contributed by atoms with Gasteiger partial charge in [-0.1, -0.05) is 113 Å². The molecule has 0 aliphatic carbocycles. The van der Waals surface area contributed by atoms with Crippen LogP contribution in [-0.4, -0.2) is 96.0 Å². The maximum absolute atomic E-state index is 12.7. The largest absolute Gasteiger partial charge is 0.462 e. The van der Waals surface area contributed by atoms with E-state index >= 15 is 0 Å². The average Bonchev–Trinajstić information content (AvgIpc) is 3.14. The Labute approximate surface area is 330 Å². The van der Waals surface area contributed by atoms with Gasteiger partial charge >= 0.3 is 11.9 Å². The summed E-state index contributed by atoms with van der Waals surface area (Å²) < 4.78 is 53.8. The molecule has 12 nitrogen and oxygen atoms in total. The molecule has 0 aromatic carbocycles. The first kappa shape index (κ1) is 50.4. The van der Waals surface area contributed by atoms with Gasteiger partial charge in [0.2, 0.25) is 0 Å². The van der Waals surface area contributed by atoms with Crippen molar-refractivity contribution in [1.29, 1.82) is 0 Å². The second-order valence-corrected chi connectivity index (χ2v) is 15.4. The van der Waals surface area contributed by atoms with Gasteiger partial charge in [-0.25, -0.2) is 0 Å². The fourth-order valence-corrected chi connectivity index (χ4v) is 6.34. The summed E-state index contributed by atoms with van der Waals surface area (Å²) in [5, 5.41) is 30.8. The summed E-state index contributed by atoms with van der Waals surface area (Å²) >= 11 is 0. The van der Waals surface area contributed by atoms with Gasteiger partial charge in [0.25, 0.3) is 10.1 Å². The summed E-state index contributed by atoms with van der Waals surface area (Å²) in [7, 11) is -4.61. The smallest absolute Gasteiger partial charge is 0.306 e. The van der Waals surface area contributed by atoms with Gasteiger partial charge in [-0.3, -0.25) is 14.1 Å². The Hall–Kier alpha value is -2.65. The molecule has 6 atom stereocenters. The summed E-state index contributed by atoms with van der Waals surface area (Å²) in [6.45, 7) is 3.53. The quantitative estimate of drug-likeness (QED) is 0.0229. The van der Waals surface area contributed by atoms with Crippen LogP contribution in [0.15, 0.2) is 60.8 Å². The van der Waals surface area contributed by atoms with Gasteiger partial charge in [-0.15, -0.1) is 0 Å². The number of esters is 2. The van der Waals surface area contributed by atoms with Crippen molar-refractivity contribution >= 4 is 22.1 Å². The number of rotatable bonds is 32. The van der Waals surface area contributed by atoms with Crippen LogP contribution in [-0.2, 0) is 38.7 Å². The third-order valence-electron chi connectivity index (χ3n) is 8.83. The number of carbonyl (C=O) groups is 2. The molecule has 0 radical (unpaired) electrons. The first-order valence-corrected chi connectivity index (χ1v) is 22.0. The monoisotopic (exact) mass is 798 g/mol. The molecule has 0 aromatic heterocycles. The standard InChI is InChI=1S/C42H70O12S/c1-3-5-7-9-11-13-15-17-19-20-22-24-26-28-30-37(43)51-32-35(33-52-42-41(47)40(46)39(45)36(54-42)34-55(48,49)50)53-38(44)31-29-27-25-23-21-18-16-14-12-10-8-6-4-2/h6,8-9,11-12,14-15,17-18,21,35-36,39-42,45-47H,3-5,7,10,13,16,19-20,22-34H2,1-2H3,(H,48,49,50)/b8-6-,11-9-,14-12-,17-15-,21-18-. The maximum Gasteiger partial charge on any atom is 0.306 e. The number of ether oxygens (including phenoxy) is 4. The van der Waals surface area contributed by atoms with Crippen molar-refractivity contribution in [2.75, 3.05) is 19.0 Å². The van der Waals surface area contributed by atoms with E-state index in [4.69, 9.17) is 18.9 Å². The van der Waals surface area contributed by atoms with E-state index < -0.39 is 71.2 Å².